The first kappa shape index (κ1) is 18.7. The molecule has 2 aromatic carbocycles. The fourth-order valence-corrected chi connectivity index (χ4v) is 1.65. The van der Waals surface area contributed by atoms with Crippen LogP contribution in [0.15, 0.2) is 36.4 Å². The Bertz CT molecular complexity index is 541. The van der Waals surface area contributed by atoms with Gasteiger partial charge < -0.3 is 5.11 Å². The van der Waals surface area contributed by atoms with Crippen molar-refractivity contribution in [3.63, 3.8) is 0 Å². The van der Waals surface area contributed by atoms with E-state index in [-0.39, 0.29) is 60.2 Å². The molecule has 0 atom stereocenters. The van der Waals surface area contributed by atoms with Crippen molar-refractivity contribution in [1.29, 1.82) is 0 Å². The van der Waals surface area contributed by atoms with Crippen molar-refractivity contribution in [3.05, 3.63) is 59.7 Å². The predicted molar refractivity (Wildman–Crippen MR) is 65.6 cm³/mol. The fraction of sp³-hybridized carbons (Fsp3) is 0.133. The molecule has 0 aromatic heterocycles. The fourth-order valence-electron chi connectivity index (χ4n) is 1.65. The van der Waals surface area contributed by atoms with Crippen LogP contribution in [-0.2, 0) is 65.0 Å². The maximum Gasteiger partial charge on any atom is 0.304 e. The van der Waals surface area contributed by atoms with Crippen LogP contribution in [0.2, 0.25) is 0 Å². The molecule has 19 heavy (non-hydrogen) atoms. The first-order chi connectivity index (χ1) is 8.16. The normalized spacial score (nSPS) is 9.11. The molecule has 0 heterocycles. The molecule has 2 nitrogen and oxygen atoms in total. The van der Waals surface area contributed by atoms with Gasteiger partial charge in [-0.25, -0.2) is 17.2 Å². The van der Waals surface area contributed by atoms with Crippen LogP contribution in [0, 0.1) is 19.1 Å². The Morgan fingerprint density at radius 3 is 2.47 bits per heavy atom. The van der Waals surface area contributed by atoms with E-state index in [0.717, 1.165) is 22.3 Å². The number of benzene rings is 2. The SMILES string of the molecule is Cc1c[c-]c(-c2ccccc2)[c-]c1CC(=O)O.[W].[Y]. The Kier molecular flexibility index (Phi) is 8.65. The van der Waals surface area contributed by atoms with Crippen molar-refractivity contribution in [1.82, 2.24) is 0 Å². The van der Waals surface area contributed by atoms with Gasteiger partial charge in [-0.2, -0.15) is 5.56 Å². The Morgan fingerprint density at radius 1 is 1.26 bits per heavy atom. The molecular formula is C15H12O2WY-2. The van der Waals surface area contributed by atoms with Crippen LogP contribution in [0.1, 0.15) is 11.1 Å². The van der Waals surface area contributed by atoms with E-state index in [1.54, 1.807) is 0 Å². The summed E-state index contributed by atoms with van der Waals surface area (Å²) in [5.41, 5.74) is 3.44. The molecule has 0 fully saturated rings. The monoisotopic (exact) mass is 497 g/mol. The predicted octanol–water partition coefficient (Wildman–Crippen LogP) is 2.88. The summed E-state index contributed by atoms with van der Waals surface area (Å²) in [6.45, 7) is 1.88. The van der Waals surface area contributed by atoms with Gasteiger partial charge in [-0.05, 0) is 0 Å². The average molecular weight is 497 g/mol. The number of carboxylic acids is 1. The molecule has 0 amide bonds. The van der Waals surface area contributed by atoms with Gasteiger partial charge in [0.1, 0.15) is 0 Å². The molecular weight excluding hydrogens is 485 g/mol. The molecule has 2 rings (SSSR count). The minimum Gasteiger partial charge on any atom is -0.481 e. The number of carboxylic acid groups (broad SMARTS) is 1. The summed E-state index contributed by atoms with van der Waals surface area (Å²) in [6.07, 6.45) is 0.000344. The Labute approximate surface area is 152 Å². The van der Waals surface area contributed by atoms with Crippen molar-refractivity contribution < 1.29 is 63.7 Å². The van der Waals surface area contributed by atoms with Crippen LogP contribution in [0.5, 0.6) is 0 Å². The summed E-state index contributed by atoms with van der Waals surface area (Å²) in [5, 5.41) is 8.82. The van der Waals surface area contributed by atoms with Gasteiger partial charge in [0.25, 0.3) is 0 Å². The van der Waals surface area contributed by atoms with Gasteiger partial charge in [0.05, 0.1) is 0 Å². The molecule has 1 radical (unpaired) electrons. The van der Waals surface area contributed by atoms with E-state index in [2.05, 4.69) is 12.1 Å². The topological polar surface area (TPSA) is 37.3 Å². The van der Waals surface area contributed by atoms with E-state index < -0.39 is 5.97 Å². The van der Waals surface area contributed by atoms with E-state index in [9.17, 15) is 4.79 Å². The molecule has 0 unspecified atom stereocenters. The zero-order chi connectivity index (χ0) is 12.3. The third-order valence-corrected chi connectivity index (χ3v) is 2.58. The Hall–Kier alpha value is -0.298. The molecule has 0 aliphatic carbocycles. The number of aliphatic carboxylic acids is 1. The molecule has 0 aliphatic rings. The maximum atomic E-state index is 10.7. The van der Waals surface area contributed by atoms with Gasteiger partial charge in [0.15, 0.2) is 0 Å². The summed E-state index contributed by atoms with van der Waals surface area (Å²) >= 11 is 0. The summed E-state index contributed by atoms with van der Waals surface area (Å²) in [7, 11) is 0. The Morgan fingerprint density at radius 2 is 1.89 bits per heavy atom. The van der Waals surface area contributed by atoms with Crippen molar-refractivity contribution in [2.45, 2.75) is 13.3 Å². The van der Waals surface area contributed by atoms with Crippen molar-refractivity contribution in [2.24, 2.45) is 0 Å². The van der Waals surface area contributed by atoms with E-state index in [0.29, 0.717) is 0 Å². The largest absolute Gasteiger partial charge is 0.481 e. The summed E-state index contributed by atoms with van der Waals surface area (Å²) in [5.74, 6) is -0.838. The number of rotatable bonds is 3. The average Bonchev–Trinajstić information content (AvgIpc) is 2.32. The van der Waals surface area contributed by atoms with Crippen LogP contribution in [-0.4, -0.2) is 11.1 Å². The van der Waals surface area contributed by atoms with Crippen LogP contribution in [0.4, 0.5) is 0 Å². The molecule has 0 bridgehead atoms. The van der Waals surface area contributed by atoms with Crippen molar-refractivity contribution in [3.8, 4) is 11.1 Å². The number of carbonyl (C=O) groups is 1. The number of hydrogen-bond acceptors (Lipinski definition) is 1. The maximum absolute atomic E-state index is 10.7. The molecule has 0 aliphatic heterocycles. The van der Waals surface area contributed by atoms with Crippen LogP contribution < -0.4 is 0 Å². The van der Waals surface area contributed by atoms with Gasteiger partial charge in [0.2, 0.25) is 0 Å². The molecule has 2 aromatic rings. The first-order valence-corrected chi connectivity index (χ1v) is 5.37. The van der Waals surface area contributed by atoms with Gasteiger partial charge in [0, 0.05) is 60.2 Å². The number of aryl methyl sites for hydroxylation is 1. The Balaban J connectivity index is 0.00000162. The van der Waals surface area contributed by atoms with Crippen molar-refractivity contribution >= 4 is 5.97 Å². The molecule has 0 saturated carbocycles. The van der Waals surface area contributed by atoms with Crippen LogP contribution in [0.3, 0.4) is 0 Å². The standard InChI is InChI=1S/C15H12O2.W.Y/c1-11-7-8-13(9-14(11)10-15(16)17)12-5-3-2-4-6-12;;/h2-7H,10H2,1H3,(H,16,17);;/q-2;;. The third kappa shape index (κ3) is 5.30. The quantitative estimate of drug-likeness (QED) is 0.664. The summed E-state index contributed by atoms with van der Waals surface area (Å²) in [4.78, 5) is 10.7. The van der Waals surface area contributed by atoms with E-state index in [4.69, 9.17) is 5.11 Å². The smallest absolute Gasteiger partial charge is 0.304 e. The minimum atomic E-state index is -0.838. The second-order valence-corrected chi connectivity index (χ2v) is 3.89. The first-order valence-electron chi connectivity index (χ1n) is 5.37. The summed E-state index contributed by atoms with van der Waals surface area (Å²) < 4.78 is 0. The zero-order valence-electron chi connectivity index (χ0n) is 10.5. The van der Waals surface area contributed by atoms with E-state index >= 15 is 0 Å². The van der Waals surface area contributed by atoms with Gasteiger partial charge in [-0.1, -0.05) is 18.2 Å². The molecule has 95 valence electrons. The second kappa shape index (κ2) is 8.79. The second-order valence-electron chi connectivity index (χ2n) is 3.89. The van der Waals surface area contributed by atoms with E-state index in [1.807, 2.05) is 43.3 Å². The molecule has 4 heteroatoms. The minimum absolute atomic E-state index is 0. The van der Waals surface area contributed by atoms with Gasteiger partial charge in [-0.3, -0.25) is 22.5 Å². The van der Waals surface area contributed by atoms with Crippen LogP contribution >= 0.6 is 0 Å². The van der Waals surface area contributed by atoms with Gasteiger partial charge in [-0.15, -0.1) is 19.1 Å². The molecule has 1 N–H and O–H groups in total. The van der Waals surface area contributed by atoms with Crippen molar-refractivity contribution in [2.75, 3.05) is 0 Å². The molecule has 0 spiro atoms. The van der Waals surface area contributed by atoms with E-state index in [1.165, 1.54) is 0 Å². The molecule has 0 saturated heterocycles. The zero-order valence-corrected chi connectivity index (χ0v) is 16.3. The third-order valence-electron chi connectivity index (χ3n) is 2.58. The number of hydrogen-bond donors (Lipinski definition) is 1. The van der Waals surface area contributed by atoms with Gasteiger partial charge >= 0.3 is 5.97 Å². The summed E-state index contributed by atoms with van der Waals surface area (Å²) in [6, 6.07) is 17.8. The van der Waals surface area contributed by atoms with Crippen LogP contribution in [0.25, 0.3) is 11.1 Å².